The van der Waals surface area contributed by atoms with Crippen LogP contribution in [0.1, 0.15) is 5.56 Å². The van der Waals surface area contributed by atoms with E-state index >= 15 is 0 Å². The van der Waals surface area contributed by atoms with Crippen molar-refractivity contribution in [1.82, 2.24) is 9.97 Å². The summed E-state index contributed by atoms with van der Waals surface area (Å²) in [7, 11) is -3.84. The fourth-order valence-corrected chi connectivity index (χ4v) is 3.32. The highest BCUT2D eigenvalue weighted by atomic mass is 32.2. The van der Waals surface area contributed by atoms with Crippen molar-refractivity contribution in [2.45, 2.75) is 17.0 Å². The molecule has 22 heavy (non-hydrogen) atoms. The van der Waals surface area contributed by atoms with Crippen LogP contribution in [0, 0.1) is 6.92 Å². The molecule has 1 N–H and O–H groups in total. The summed E-state index contributed by atoms with van der Waals surface area (Å²) in [6, 6.07) is 11.5. The Morgan fingerprint density at radius 2 is 1.86 bits per heavy atom. The zero-order valence-electron chi connectivity index (χ0n) is 12.0. The van der Waals surface area contributed by atoms with Gasteiger partial charge in [0.05, 0.1) is 11.0 Å². The predicted octanol–water partition coefficient (Wildman–Crippen LogP) is 3.36. The summed E-state index contributed by atoms with van der Waals surface area (Å²) in [6.07, 6.45) is 1.91. The Bertz CT molecular complexity index is 916. The minimum atomic E-state index is -3.84. The molecule has 3 rings (SSSR count). The Morgan fingerprint density at radius 3 is 2.55 bits per heavy atom. The van der Waals surface area contributed by atoms with Gasteiger partial charge in [0, 0.05) is 6.07 Å². The minimum absolute atomic E-state index is 0.132. The van der Waals surface area contributed by atoms with E-state index in [1.54, 1.807) is 30.3 Å². The Kier molecular flexibility index (Phi) is 3.84. The molecule has 0 atom stereocenters. The average molecular weight is 334 g/mol. The maximum Gasteiger partial charge on any atom is 0.339 e. The molecule has 0 bridgehead atoms. The number of hydrogen-bond donors (Lipinski definition) is 1. The molecular formula is C15H14N2O3S2. The van der Waals surface area contributed by atoms with Gasteiger partial charge >= 0.3 is 10.1 Å². The van der Waals surface area contributed by atoms with Gasteiger partial charge in [0.25, 0.3) is 0 Å². The predicted molar refractivity (Wildman–Crippen MR) is 86.9 cm³/mol. The number of imidazole rings is 1. The van der Waals surface area contributed by atoms with Crippen molar-refractivity contribution < 1.29 is 12.6 Å². The molecule has 0 fully saturated rings. The van der Waals surface area contributed by atoms with E-state index in [-0.39, 0.29) is 10.6 Å². The van der Waals surface area contributed by atoms with E-state index < -0.39 is 10.1 Å². The first-order chi connectivity index (χ1) is 10.5. The lowest BCUT2D eigenvalue weighted by Gasteiger charge is -2.07. The van der Waals surface area contributed by atoms with E-state index in [1.807, 2.05) is 13.2 Å². The van der Waals surface area contributed by atoms with E-state index in [0.717, 1.165) is 21.8 Å². The van der Waals surface area contributed by atoms with E-state index in [4.69, 9.17) is 4.18 Å². The van der Waals surface area contributed by atoms with Crippen LogP contribution in [0.2, 0.25) is 0 Å². The highest BCUT2D eigenvalue weighted by Gasteiger charge is 2.17. The lowest BCUT2D eigenvalue weighted by molar-refractivity contribution is 0.486. The highest BCUT2D eigenvalue weighted by molar-refractivity contribution is 7.98. The normalized spacial score (nSPS) is 11.7. The van der Waals surface area contributed by atoms with Crippen molar-refractivity contribution in [2.75, 3.05) is 6.26 Å². The maximum absolute atomic E-state index is 12.3. The second kappa shape index (κ2) is 5.66. The molecule has 3 aromatic rings. The number of rotatable bonds is 4. The van der Waals surface area contributed by atoms with Crippen molar-refractivity contribution in [1.29, 1.82) is 0 Å². The van der Waals surface area contributed by atoms with Crippen molar-refractivity contribution in [3.63, 3.8) is 0 Å². The molecule has 2 aromatic carbocycles. The number of aryl methyl sites for hydroxylation is 1. The maximum atomic E-state index is 12.3. The summed E-state index contributed by atoms with van der Waals surface area (Å²) in [5.74, 6) is 0.254. The van der Waals surface area contributed by atoms with E-state index in [9.17, 15) is 8.42 Å². The molecule has 5 nitrogen and oxygen atoms in total. The van der Waals surface area contributed by atoms with Crippen LogP contribution >= 0.6 is 11.8 Å². The van der Waals surface area contributed by atoms with Crippen molar-refractivity contribution >= 4 is 32.9 Å². The number of nitrogens with one attached hydrogen (secondary N) is 1. The molecule has 114 valence electrons. The van der Waals surface area contributed by atoms with E-state index in [2.05, 4.69) is 9.97 Å². The van der Waals surface area contributed by atoms with E-state index in [1.165, 1.54) is 23.9 Å². The van der Waals surface area contributed by atoms with Crippen LogP contribution in [0.5, 0.6) is 5.75 Å². The first-order valence-corrected chi connectivity index (χ1v) is 9.16. The summed E-state index contributed by atoms with van der Waals surface area (Å²) in [5.41, 5.74) is 2.49. The lowest BCUT2D eigenvalue weighted by Crippen LogP contribution is -2.09. The molecule has 0 spiro atoms. The molecular weight excluding hydrogens is 320 g/mol. The van der Waals surface area contributed by atoms with Gasteiger partial charge in [-0.3, -0.25) is 0 Å². The van der Waals surface area contributed by atoms with Gasteiger partial charge in [0.15, 0.2) is 5.16 Å². The molecule has 0 radical (unpaired) electrons. The Balaban J connectivity index is 1.92. The Morgan fingerprint density at radius 1 is 1.14 bits per heavy atom. The number of hydrogen-bond acceptors (Lipinski definition) is 5. The number of benzene rings is 2. The third kappa shape index (κ3) is 2.95. The molecule has 7 heteroatoms. The topological polar surface area (TPSA) is 72.0 Å². The van der Waals surface area contributed by atoms with Gasteiger partial charge in [0.2, 0.25) is 0 Å². The summed E-state index contributed by atoms with van der Waals surface area (Å²) < 4.78 is 29.7. The first kappa shape index (κ1) is 14.9. The number of nitrogens with zero attached hydrogens (tertiary/aromatic N) is 1. The Labute approximate surface area is 132 Å². The van der Waals surface area contributed by atoms with Gasteiger partial charge in [-0.05, 0) is 37.4 Å². The van der Waals surface area contributed by atoms with Gasteiger partial charge in [-0.2, -0.15) is 8.42 Å². The molecule has 1 aromatic heterocycles. The molecule has 0 saturated carbocycles. The summed E-state index contributed by atoms with van der Waals surface area (Å²) >= 11 is 1.49. The number of aromatic nitrogens is 2. The summed E-state index contributed by atoms with van der Waals surface area (Å²) in [4.78, 5) is 7.57. The zero-order chi connectivity index (χ0) is 15.7. The zero-order valence-corrected chi connectivity index (χ0v) is 13.7. The van der Waals surface area contributed by atoms with Crippen LogP contribution < -0.4 is 4.18 Å². The average Bonchev–Trinajstić information content (AvgIpc) is 2.89. The van der Waals surface area contributed by atoms with Crippen LogP contribution in [0.15, 0.2) is 52.5 Å². The van der Waals surface area contributed by atoms with Gasteiger partial charge in [-0.25, -0.2) is 4.98 Å². The fraction of sp³-hybridized carbons (Fsp3) is 0.133. The molecule has 0 unspecified atom stereocenters. The minimum Gasteiger partial charge on any atom is -0.379 e. The first-order valence-electron chi connectivity index (χ1n) is 6.53. The molecule has 0 amide bonds. The van der Waals surface area contributed by atoms with Gasteiger partial charge < -0.3 is 9.17 Å². The number of fused-ring (bicyclic) bond motifs is 1. The Hall–Kier alpha value is -1.99. The van der Waals surface area contributed by atoms with Gasteiger partial charge in [-0.15, -0.1) is 0 Å². The van der Waals surface area contributed by atoms with Crippen LogP contribution in [-0.2, 0) is 10.1 Å². The van der Waals surface area contributed by atoms with Gasteiger partial charge in [-0.1, -0.05) is 29.5 Å². The van der Waals surface area contributed by atoms with Gasteiger partial charge in [0.1, 0.15) is 10.6 Å². The monoisotopic (exact) mass is 334 g/mol. The fourth-order valence-electron chi connectivity index (χ4n) is 1.99. The summed E-state index contributed by atoms with van der Waals surface area (Å²) in [5, 5.41) is 0.772. The standard InChI is InChI=1S/C15H14N2O3S2/c1-10-3-6-12(7-4-10)22(18,19)20-11-5-8-13-14(9-11)17-15(16-13)21-2/h3-9H,1-2H3,(H,16,17). The van der Waals surface area contributed by atoms with Crippen molar-refractivity contribution in [3.8, 4) is 5.75 Å². The van der Waals surface area contributed by atoms with Crippen LogP contribution in [-0.4, -0.2) is 24.6 Å². The smallest absolute Gasteiger partial charge is 0.339 e. The highest BCUT2D eigenvalue weighted by Crippen LogP contribution is 2.24. The quantitative estimate of drug-likeness (QED) is 0.585. The molecule has 1 heterocycles. The van der Waals surface area contributed by atoms with Crippen LogP contribution in [0.25, 0.3) is 11.0 Å². The molecule has 0 aliphatic carbocycles. The van der Waals surface area contributed by atoms with Crippen LogP contribution in [0.3, 0.4) is 0 Å². The second-order valence-electron chi connectivity index (χ2n) is 4.78. The second-order valence-corrected chi connectivity index (χ2v) is 7.12. The summed E-state index contributed by atoms with van der Waals surface area (Å²) in [6.45, 7) is 1.90. The molecule has 0 aliphatic heterocycles. The molecule has 0 aliphatic rings. The third-order valence-corrected chi connectivity index (χ3v) is 4.98. The van der Waals surface area contributed by atoms with Crippen LogP contribution in [0.4, 0.5) is 0 Å². The number of H-pyrrole nitrogens is 1. The third-order valence-electron chi connectivity index (χ3n) is 3.14. The largest absolute Gasteiger partial charge is 0.379 e. The number of aromatic amines is 1. The SMILES string of the molecule is CSc1nc2ccc(OS(=O)(=O)c3ccc(C)cc3)cc2[nH]1. The van der Waals surface area contributed by atoms with Crippen molar-refractivity contribution in [3.05, 3.63) is 48.0 Å². The number of thioether (sulfide) groups is 1. The van der Waals surface area contributed by atoms with E-state index in [0.29, 0.717) is 0 Å². The van der Waals surface area contributed by atoms with Crippen molar-refractivity contribution in [2.24, 2.45) is 0 Å². The molecule has 0 saturated heterocycles. The lowest BCUT2D eigenvalue weighted by atomic mass is 10.2.